The molecule has 20 heavy (non-hydrogen) atoms. The number of anilines is 1. The highest BCUT2D eigenvalue weighted by molar-refractivity contribution is 5.87. The highest BCUT2D eigenvalue weighted by Gasteiger charge is 2.21. The first-order valence-corrected chi connectivity index (χ1v) is 6.33. The molecule has 0 saturated carbocycles. The molecule has 0 bridgehead atoms. The zero-order valence-electron chi connectivity index (χ0n) is 11.3. The van der Waals surface area contributed by atoms with Crippen molar-refractivity contribution in [2.24, 2.45) is 0 Å². The molecule has 1 aliphatic rings. The minimum absolute atomic E-state index is 0.0127. The normalized spacial score (nSPS) is 15.2. The molecule has 7 heteroatoms. The van der Waals surface area contributed by atoms with Crippen LogP contribution >= 0.6 is 0 Å². The first-order chi connectivity index (χ1) is 9.61. The van der Waals surface area contributed by atoms with Crippen molar-refractivity contribution in [3.05, 3.63) is 23.9 Å². The van der Waals surface area contributed by atoms with Gasteiger partial charge in [0.25, 0.3) is 0 Å². The third-order valence-electron chi connectivity index (χ3n) is 3.22. The van der Waals surface area contributed by atoms with Crippen LogP contribution in [0, 0.1) is 0 Å². The van der Waals surface area contributed by atoms with E-state index in [-0.39, 0.29) is 18.1 Å². The van der Waals surface area contributed by atoms with E-state index >= 15 is 0 Å². The van der Waals surface area contributed by atoms with Crippen LogP contribution in [0.4, 0.5) is 5.82 Å². The molecule has 0 atom stereocenters. The predicted molar refractivity (Wildman–Crippen MR) is 71.9 cm³/mol. The molecule has 0 spiro atoms. The van der Waals surface area contributed by atoms with Gasteiger partial charge in [-0.25, -0.2) is 9.78 Å². The minimum Gasteiger partial charge on any atom is -0.478 e. The van der Waals surface area contributed by atoms with Crippen LogP contribution in [0.15, 0.2) is 18.3 Å². The van der Waals surface area contributed by atoms with Crippen molar-refractivity contribution in [3.63, 3.8) is 0 Å². The number of hydrogen-bond acceptors (Lipinski definition) is 5. The number of pyridine rings is 1. The van der Waals surface area contributed by atoms with Gasteiger partial charge in [0.1, 0.15) is 12.4 Å². The topological polar surface area (TPSA) is 83.0 Å². The smallest absolute Gasteiger partial charge is 0.337 e. The fourth-order valence-corrected chi connectivity index (χ4v) is 2.10. The van der Waals surface area contributed by atoms with E-state index in [4.69, 9.17) is 9.84 Å². The zero-order chi connectivity index (χ0) is 14.5. The second kappa shape index (κ2) is 6.33. The Kier molecular flexibility index (Phi) is 4.52. The number of piperazine rings is 1. The Morgan fingerprint density at radius 3 is 2.50 bits per heavy atom. The van der Waals surface area contributed by atoms with E-state index in [1.807, 2.05) is 4.90 Å². The van der Waals surface area contributed by atoms with Gasteiger partial charge in [0.2, 0.25) is 5.91 Å². The molecule has 2 rings (SSSR count). The molecule has 0 aromatic carbocycles. The van der Waals surface area contributed by atoms with Gasteiger partial charge in [-0.1, -0.05) is 0 Å². The van der Waals surface area contributed by atoms with E-state index in [1.54, 1.807) is 11.0 Å². The molecule has 0 aliphatic carbocycles. The van der Waals surface area contributed by atoms with Crippen LogP contribution in [0.25, 0.3) is 0 Å². The van der Waals surface area contributed by atoms with Crippen LogP contribution in [-0.2, 0) is 9.53 Å². The highest BCUT2D eigenvalue weighted by atomic mass is 16.5. The Bertz CT molecular complexity index is 481. The number of aromatic nitrogens is 1. The number of carboxylic acids is 1. The fraction of sp³-hybridized carbons (Fsp3) is 0.462. The fourth-order valence-electron chi connectivity index (χ4n) is 2.10. The number of amides is 1. The van der Waals surface area contributed by atoms with Gasteiger partial charge in [0.05, 0.1) is 5.56 Å². The maximum Gasteiger partial charge on any atom is 0.337 e. The second-order valence-corrected chi connectivity index (χ2v) is 4.51. The molecule has 1 saturated heterocycles. The van der Waals surface area contributed by atoms with Crippen molar-refractivity contribution in [2.45, 2.75) is 0 Å². The average Bonchev–Trinajstić information content (AvgIpc) is 2.48. The van der Waals surface area contributed by atoms with Crippen molar-refractivity contribution >= 4 is 17.7 Å². The van der Waals surface area contributed by atoms with Crippen molar-refractivity contribution in [1.29, 1.82) is 0 Å². The summed E-state index contributed by atoms with van der Waals surface area (Å²) in [5.74, 6) is -0.269. The summed E-state index contributed by atoms with van der Waals surface area (Å²) >= 11 is 0. The van der Waals surface area contributed by atoms with Gasteiger partial charge in [-0.3, -0.25) is 4.79 Å². The lowest BCUT2D eigenvalue weighted by Gasteiger charge is -2.35. The number of aromatic carboxylic acids is 1. The first-order valence-electron chi connectivity index (χ1n) is 6.33. The largest absolute Gasteiger partial charge is 0.478 e. The van der Waals surface area contributed by atoms with Crippen LogP contribution in [0.3, 0.4) is 0 Å². The molecule has 1 amide bonds. The molecule has 108 valence electrons. The maximum atomic E-state index is 11.7. The molecular formula is C13H17N3O4. The molecule has 1 aliphatic heterocycles. The van der Waals surface area contributed by atoms with E-state index in [2.05, 4.69) is 4.98 Å². The van der Waals surface area contributed by atoms with Gasteiger partial charge >= 0.3 is 5.97 Å². The number of nitrogens with zero attached hydrogens (tertiary/aromatic N) is 3. The molecule has 1 aromatic heterocycles. The Morgan fingerprint density at radius 1 is 1.30 bits per heavy atom. The summed E-state index contributed by atoms with van der Waals surface area (Å²) in [4.78, 5) is 30.4. The monoisotopic (exact) mass is 279 g/mol. The molecular weight excluding hydrogens is 262 g/mol. The third kappa shape index (κ3) is 3.24. The van der Waals surface area contributed by atoms with Gasteiger partial charge < -0.3 is 19.6 Å². The molecule has 1 N–H and O–H groups in total. The Hall–Kier alpha value is -2.15. The number of ether oxygens (including phenoxy) is 1. The van der Waals surface area contributed by atoms with E-state index in [1.165, 1.54) is 19.4 Å². The van der Waals surface area contributed by atoms with Gasteiger partial charge in [-0.05, 0) is 12.1 Å². The summed E-state index contributed by atoms with van der Waals surface area (Å²) in [6, 6.07) is 3.23. The maximum absolute atomic E-state index is 11.7. The lowest BCUT2D eigenvalue weighted by atomic mass is 10.2. The molecule has 0 unspecified atom stereocenters. The van der Waals surface area contributed by atoms with Crippen molar-refractivity contribution < 1.29 is 19.4 Å². The molecule has 2 heterocycles. The van der Waals surface area contributed by atoms with Crippen molar-refractivity contribution in [3.8, 4) is 0 Å². The number of carboxylic acid groups (broad SMARTS) is 1. The number of rotatable bonds is 4. The number of carbonyl (C=O) groups excluding carboxylic acids is 1. The first kappa shape index (κ1) is 14.3. The summed E-state index contributed by atoms with van der Waals surface area (Å²) in [5, 5.41) is 8.82. The predicted octanol–water partition coefficient (Wildman–Crippen LogP) is 0.0748. The summed E-state index contributed by atoms with van der Waals surface area (Å²) in [5.41, 5.74) is 0.169. The van der Waals surface area contributed by atoms with Crippen molar-refractivity contribution in [1.82, 2.24) is 9.88 Å². The minimum atomic E-state index is -0.987. The standard InChI is InChI=1S/C13H17N3O4/c1-20-9-12(17)16-6-4-15(5-7-16)11-3-2-10(8-14-11)13(18)19/h2-3,8H,4-7,9H2,1H3,(H,18,19). The SMILES string of the molecule is COCC(=O)N1CCN(c2ccc(C(=O)O)cn2)CC1. The summed E-state index contributed by atoms with van der Waals surface area (Å²) in [7, 11) is 1.50. The summed E-state index contributed by atoms with van der Waals surface area (Å²) < 4.78 is 4.83. The zero-order valence-corrected chi connectivity index (χ0v) is 11.3. The van der Waals surface area contributed by atoms with Crippen LogP contribution in [-0.4, -0.2) is 66.8 Å². The number of hydrogen-bond donors (Lipinski definition) is 1. The Morgan fingerprint density at radius 2 is 2.00 bits per heavy atom. The van der Waals surface area contributed by atoms with Crippen LogP contribution < -0.4 is 4.90 Å². The van der Waals surface area contributed by atoms with E-state index < -0.39 is 5.97 Å². The lowest BCUT2D eigenvalue weighted by Crippen LogP contribution is -2.49. The van der Waals surface area contributed by atoms with E-state index in [0.29, 0.717) is 26.2 Å². The average molecular weight is 279 g/mol. The molecule has 1 aromatic rings. The van der Waals surface area contributed by atoms with Gasteiger partial charge in [-0.15, -0.1) is 0 Å². The van der Waals surface area contributed by atoms with Crippen molar-refractivity contribution in [2.75, 3.05) is 44.8 Å². The van der Waals surface area contributed by atoms with Crippen LogP contribution in [0.5, 0.6) is 0 Å². The molecule has 7 nitrogen and oxygen atoms in total. The number of methoxy groups -OCH3 is 1. The molecule has 1 fully saturated rings. The third-order valence-corrected chi connectivity index (χ3v) is 3.22. The summed E-state index contributed by atoms with van der Waals surface area (Å²) in [6.07, 6.45) is 1.35. The van der Waals surface area contributed by atoms with Gasteiger partial charge in [0.15, 0.2) is 0 Å². The van der Waals surface area contributed by atoms with Crippen LogP contribution in [0.2, 0.25) is 0 Å². The Balaban J connectivity index is 1.93. The number of carbonyl (C=O) groups is 2. The Labute approximate surface area is 116 Å². The summed E-state index contributed by atoms with van der Waals surface area (Å²) in [6.45, 7) is 2.68. The van der Waals surface area contributed by atoms with Crippen LogP contribution in [0.1, 0.15) is 10.4 Å². The lowest BCUT2D eigenvalue weighted by molar-refractivity contribution is -0.135. The second-order valence-electron chi connectivity index (χ2n) is 4.51. The molecule has 0 radical (unpaired) electrons. The van der Waals surface area contributed by atoms with E-state index in [0.717, 1.165) is 5.82 Å². The van der Waals surface area contributed by atoms with Gasteiger partial charge in [-0.2, -0.15) is 0 Å². The quantitative estimate of drug-likeness (QED) is 0.840. The van der Waals surface area contributed by atoms with E-state index in [9.17, 15) is 9.59 Å². The van der Waals surface area contributed by atoms with Gasteiger partial charge in [0, 0.05) is 39.5 Å². The highest BCUT2D eigenvalue weighted by Crippen LogP contribution is 2.14.